The van der Waals surface area contributed by atoms with Crippen LogP contribution in [0.2, 0.25) is 0 Å². The zero-order chi connectivity index (χ0) is 15.2. The van der Waals surface area contributed by atoms with Crippen molar-refractivity contribution in [1.29, 1.82) is 0 Å². The summed E-state index contributed by atoms with van der Waals surface area (Å²) in [5.74, 6) is 0.478. The number of para-hydroxylation sites is 1. The van der Waals surface area contributed by atoms with Crippen molar-refractivity contribution in [3.05, 3.63) is 24.3 Å². The third-order valence-electron chi connectivity index (χ3n) is 2.85. The van der Waals surface area contributed by atoms with Gasteiger partial charge in [-0.05, 0) is 32.4 Å². The zero-order valence-electron chi connectivity index (χ0n) is 12.5. The zero-order valence-corrected chi connectivity index (χ0v) is 13.3. The molecule has 112 valence electrons. The number of thioether (sulfide) groups is 1. The van der Waals surface area contributed by atoms with Gasteiger partial charge in [-0.15, -0.1) is 11.8 Å². The van der Waals surface area contributed by atoms with Gasteiger partial charge in [0.1, 0.15) is 11.3 Å². The number of carbonyl (C=O) groups is 1. The van der Waals surface area contributed by atoms with Crippen LogP contribution in [0.1, 0.15) is 27.2 Å². The van der Waals surface area contributed by atoms with Crippen LogP contribution in [0.3, 0.4) is 0 Å². The Morgan fingerprint density at radius 3 is 2.70 bits per heavy atom. The third kappa shape index (κ3) is 4.72. The van der Waals surface area contributed by atoms with E-state index in [4.69, 9.17) is 15.2 Å². The molecule has 0 bridgehead atoms. The second-order valence-electron chi connectivity index (χ2n) is 4.92. The first kappa shape index (κ1) is 16.9. The van der Waals surface area contributed by atoms with Crippen molar-refractivity contribution in [3.63, 3.8) is 0 Å². The van der Waals surface area contributed by atoms with Crippen LogP contribution in [-0.2, 0) is 9.53 Å². The molecule has 0 aliphatic carbocycles. The van der Waals surface area contributed by atoms with Crippen molar-refractivity contribution < 1.29 is 14.3 Å². The van der Waals surface area contributed by atoms with Gasteiger partial charge in [0.25, 0.3) is 0 Å². The number of benzene rings is 1. The Labute approximate surface area is 125 Å². The van der Waals surface area contributed by atoms with Crippen LogP contribution >= 0.6 is 11.8 Å². The van der Waals surface area contributed by atoms with Crippen molar-refractivity contribution in [3.8, 4) is 5.75 Å². The number of hydrogen-bond acceptors (Lipinski definition) is 5. The molecule has 1 aromatic carbocycles. The summed E-state index contributed by atoms with van der Waals surface area (Å²) in [6.45, 7) is 5.88. The molecular formula is C15H23NO3S. The van der Waals surface area contributed by atoms with Crippen molar-refractivity contribution in [2.45, 2.75) is 42.9 Å². The third-order valence-corrected chi connectivity index (χ3v) is 4.01. The summed E-state index contributed by atoms with van der Waals surface area (Å²) in [6, 6.07) is 7.81. The molecule has 0 saturated heterocycles. The van der Waals surface area contributed by atoms with Crippen LogP contribution in [0.5, 0.6) is 5.75 Å². The summed E-state index contributed by atoms with van der Waals surface area (Å²) in [4.78, 5) is 12.8. The van der Waals surface area contributed by atoms with Gasteiger partial charge in [0, 0.05) is 10.1 Å². The average molecular weight is 297 g/mol. The van der Waals surface area contributed by atoms with E-state index in [0.717, 1.165) is 10.6 Å². The van der Waals surface area contributed by atoms with Crippen LogP contribution in [0.4, 0.5) is 0 Å². The second-order valence-corrected chi connectivity index (χ2v) is 6.40. The van der Waals surface area contributed by atoms with Gasteiger partial charge in [0.15, 0.2) is 0 Å². The highest BCUT2D eigenvalue weighted by atomic mass is 32.2. The van der Waals surface area contributed by atoms with Gasteiger partial charge >= 0.3 is 5.97 Å². The molecule has 2 N–H and O–H groups in total. The largest absolute Gasteiger partial charge is 0.496 e. The minimum Gasteiger partial charge on any atom is -0.496 e. The monoisotopic (exact) mass is 297 g/mol. The molecule has 0 radical (unpaired) electrons. The number of ether oxygens (including phenoxy) is 2. The summed E-state index contributed by atoms with van der Waals surface area (Å²) < 4.78 is 10.3. The van der Waals surface area contributed by atoms with E-state index in [1.54, 1.807) is 32.7 Å². The molecule has 0 saturated carbocycles. The molecule has 20 heavy (non-hydrogen) atoms. The van der Waals surface area contributed by atoms with Crippen molar-refractivity contribution >= 4 is 17.7 Å². The predicted molar refractivity (Wildman–Crippen MR) is 82.2 cm³/mol. The summed E-state index contributed by atoms with van der Waals surface area (Å²) in [6.07, 6.45) is 0.536. The molecule has 0 heterocycles. The molecule has 2 atom stereocenters. The van der Waals surface area contributed by atoms with Crippen LogP contribution in [0, 0.1) is 0 Å². The Hall–Kier alpha value is -1.20. The van der Waals surface area contributed by atoms with E-state index in [0.29, 0.717) is 13.0 Å². The lowest BCUT2D eigenvalue weighted by atomic mass is 9.98. The van der Waals surface area contributed by atoms with E-state index in [2.05, 4.69) is 0 Å². The van der Waals surface area contributed by atoms with Crippen molar-refractivity contribution in [1.82, 2.24) is 0 Å². The Morgan fingerprint density at radius 1 is 1.45 bits per heavy atom. The van der Waals surface area contributed by atoms with E-state index < -0.39 is 5.54 Å². The van der Waals surface area contributed by atoms with E-state index in [1.807, 2.05) is 31.2 Å². The van der Waals surface area contributed by atoms with E-state index in [-0.39, 0.29) is 11.2 Å². The number of nitrogens with two attached hydrogens (primary N) is 1. The van der Waals surface area contributed by atoms with Gasteiger partial charge in [0.05, 0.1) is 13.7 Å². The predicted octanol–water partition coefficient (Wildman–Crippen LogP) is 2.85. The van der Waals surface area contributed by atoms with Gasteiger partial charge in [-0.1, -0.05) is 19.1 Å². The van der Waals surface area contributed by atoms with Gasteiger partial charge in [-0.25, -0.2) is 0 Å². The van der Waals surface area contributed by atoms with Crippen molar-refractivity contribution in [2.24, 2.45) is 5.73 Å². The minimum atomic E-state index is -0.968. The van der Waals surface area contributed by atoms with Crippen LogP contribution in [0.25, 0.3) is 0 Å². The number of rotatable bonds is 7. The Balaban J connectivity index is 2.67. The van der Waals surface area contributed by atoms with Crippen LogP contribution in [0.15, 0.2) is 29.2 Å². The van der Waals surface area contributed by atoms with Gasteiger partial charge < -0.3 is 15.2 Å². The second kappa shape index (κ2) is 7.55. The molecule has 1 aromatic rings. The molecule has 0 fully saturated rings. The van der Waals surface area contributed by atoms with Gasteiger partial charge in [-0.3, -0.25) is 4.79 Å². The normalized spacial score (nSPS) is 15.2. The fraction of sp³-hybridized carbons (Fsp3) is 0.533. The molecular weight excluding hydrogens is 274 g/mol. The molecule has 0 spiro atoms. The molecule has 0 aliphatic rings. The lowest BCUT2D eigenvalue weighted by Gasteiger charge is -2.25. The highest BCUT2D eigenvalue weighted by molar-refractivity contribution is 8.00. The maximum absolute atomic E-state index is 11.8. The Bertz CT molecular complexity index is 448. The summed E-state index contributed by atoms with van der Waals surface area (Å²) in [5, 5.41) is 0.172. The molecule has 5 heteroatoms. The molecule has 2 unspecified atom stereocenters. The first-order valence-corrected chi connectivity index (χ1v) is 7.54. The summed E-state index contributed by atoms with van der Waals surface area (Å²) in [7, 11) is 1.65. The summed E-state index contributed by atoms with van der Waals surface area (Å²) >= 11 is 1.64. The molecule has 4 nitrogen and oxygen atoms in total. The Kier molecular flexibility index (Phi) is 6.36. The summed E-state index contributed by atoms with van der Waals surface area (Å²) in [5.41, 5.74) is 5.08. The lowest BCUT2D eigenvalue weighted by molar-refractivity contribution is -0.149. The van der Waals surface area contributed by atoms with Gasteiger partial charge in [0.2, 0.25) is 0 Å². The standard InChI is InChI=1S/C15H23NO3S/c1-5-19-14(17)15(3,16)10-11(2)20-13-9-7-6-8-12(13)18-4/h6-9,11H,5,10,16H2,1-4H3. The number of esters is 1. The molecule has 0 amide bonds. The highest BCUT2D eigenvalue weighted by Gasteiger charge is 2.32. The van der Waals surface area contributed by atoms with Crippen LogP contribution in [-0.4, -0.2) is 30.5 Å². The molecule has 0 aliphatic heterocycles. The fourth-order valence-electron chi connectivity index (χ4n) is 1.95. The smallest absolute Gasteiger partial charge is 0.325 e. The van der Waals surface area contributed by atoms with Crippen LogP contribution < -0.4 is 10.5 Å². The van der Waals surface area contributed by atoms with Gasteiger partial charge in [-0.2, -0.15) is 0 Å². The SMILES string of the molecule is CCOC(=O)C(C)(N)CC(C)Sc1ccccc1OC. The first-order chi connectivity index (χ1) is 9.40. The lowest BCUT2D eigenvalue weighted by Crippen LogP contribution is -2.47. The van der Waals surface area contributed by atoms with E-state index in [1.165, 1.54) is 0 Å². The maximum atomic E-state index is 11.8. The fourth-order valence-corrected chi connectivity index (χ4v) is 3.24. The first-order valence-electron chi connectivity index (χ1n) is 6.66. The maximum Gasteiger partial charge on any atom is 0.325 e. The van der Waals surface area contributed by atoms with Crippen molar-refractivity contribution in [2.75, 3.05) is 13.7 Å². The minimum absolute atomic E-state index is 0.172. The average Bonchev–Trinajstić information content (AvgIpc) is 2.38. The molecule has 1 rings (SSSR count). The topological polar surface area (TPSA) is 61.5 Å². The number of carbonyl (C=O) groups excluding carboxylic acids is 1. The quantitative estimate of drug-likeness (QED) is 0.619. The van der Waals surface area contributed by atoms with E-state index in [9.17, 15) is 4.79 Å². The number of hydrogen-bond donors (Lipinski definition) is 1. The molecule has 0 aromatic heterocycles. The van der Waals surface area contributed by atoms with E-state index >= 15 is 0 Å². The number of methoxy groups -OCH3 is 1. The highest BCUT2D eigenvalue weighted by Crippen LogP contribution is 2.34. The Morgan fingerprint density at radius 2 is 2.10 bits per heavy atom.